The SMILES string of the molecule is C/C=C1\C[C@@H]2C[C@@H]3N1CC[C@@]31C(=O)c3ccccc3N1[C@H]2C(=O)OC. The minimum atomic E-state index is -0.617. The summed E-state index contributed by atoms with van der Waals surface area (Å²) in [5, 5.41) is 0. The van der Waals surface area contributed by atoms with Crippen molar-refractivity contribution in [2.24, 2.45) is 5.92 Å². The van der Waals surface area contributed by atoms with Gasteiger partial charge in [0.1, 0.15) is 11.6 Å². The van der Waals surface area contributed by atoms with Crippen molar-refractivity contribution < 1.29 is 14.3 Å². The summed E-state index contributed by atoms with van der Waals surface area (Å²) in [6.07, 6.45) is 4.67. The molecule has 5 rings (SSSR count). The van der Waals surface area contributed by atoms with Gasteiger partial charge in [-0.3, -0.25) is 4.79 Å². The van der Waals surface area contributed by atoms with Crippen LogP contribution in [-0.4, -0.2) is 47.9 Å². The molecule has 4 aliphatic rings. The van der Waals surface area contributed by atoms with Crippen molar-refractivity contribution in [1.29, 1.82) is 0 Å². The third-order valence-electron chi connectivity index (χ3n) is 6.76. The van der Waals surface area contributed by atoms with Gasteiger partial charge in [0.05, 0.1) is 13.2 Å². The van der Waals surface area contributed by atoms with E-state index in [1.807, 2.05) is 24.3 Å². The van der Waals surface area contributed by atoms with Crippen molar-refractivity contribution in [3.05, 3.63) is 41.6 Å². The van der Waals surface area contributed by atoms with E-state index >= 15 is 0 Å². The molecular formula is C20H22N2O3. The van der Waals surface area contributed by atoms with Crippen LogP contribution in [0.15, 0.2) is 36.0 Å². The summed E-state index contributed by atoms with van der Waals surface area (Å²) in [5.74, 6) is 0.147. The van der Waals surface area contributed by atoms with Crippen molar-refractivity contribution in [1.82, 2.24) is 4.90 Å². The molecule has 1 spiro atoms. The topological polar surface area (TPSA) is 49.9 Å². The molecule has 1 aromatic rings. The third-order valence-corrected chi connectivity index (χ3v) is 6.76. The largest absolute Gasteiger partial charge is 0.467 e. The minimum Gasteiger partial charge on any atom is -0.467 e. The zero-order valence-corrected chi connectivity index (χ0v) is 14.6. The second-order valence-corrected chi connectivity index (χ2v) is 7.55. The molecule has 4 heterocycles. The molecule has 3 saturated heterocycles. The lowest BCUT2D eigenvalue weighted by molar-refractivity contribution is -0.145. The summed E-state index contributed by atoms with van der Waals surface area (Å²) < 4.78 is 5.19. The van der Waals surface area contributed by atoms with E-state index < -0.39 is 5.54 Å². The maximum atomic E-state index is 13.5. The molecule has 5 nitrogen and oxygen atoms in total. The van der Waals surface area contributed by atoms with Crippen molar-refractivity contribution in [3.8, 4) is 0 Å². The van der Waals surface area contributed by atoms with E-state index in [-0.39, 0.29) is 29.8 Å². The Morgan fingerprint density at radius 1 is 1.36 bits per heavy atom. The van der Waals surface area contributed by atoms with E-state index in [0.29, 0.717) is 0 Å². The van der Waals surface area contributed by atoms with Gasteiger partial charge < -0.3 is 14.5 Å². The molecule has 4 aliphatic heterocycles. The summed E-state index contributed by atoms with van der Waals surface area (Å²) in [4.78, 5) is 30.9. The van der Waals surface area contributed by atoms with E-state index in [9.17, 15) is 9.59 Å². The van der Waals surface area contributed by atoms with Crippen LogP contribution < -0.4 is 4.90 Å². The van der Waals surface area contributed by atoms with Crippen molar-refractivity contribution in [3.63, 3.8) is 0 Å². The Hall–Kier alpha value is -2.30. The lowest BCUT2D eigenvalue weighted by Crippen LogP contribution is -2.70. The van der Waals surface area contributed by atoms with Gasteiger partial charge in [-0.05, 0) is 44.2 Å². The number of piperidine rings is 2. The summed E-state index contributed by atoms with van der Waals surface area (Å²) in [7, 11) is 1.45. The van der Waals surface area contributed by atoms with Crippen LogP contribution in [0.1, 0.15) is 36.5 Å². The number of esters is 1. The lowest BCUT2D eigenvalue weighted by Gasteiger charge is -2.55. The number of benzene rings is 1. The van der Waals surface area contributed by atoms with Crippen LogP contribution in [0.5, 0.6) is 0 Å². The monoisotopic (exact) mass is 338 g/mol. The smallest absolute Gasteiger partial charge is 0.328 e. The van der Waals surface area contributed by atoms with Crippen LogP contribution >= 0.6 is 0 Å². The molecule has 0 amide bonds. The summed E-state index contributed by atoms with van der Waals surface area (Å²) in [5.41, 5.74) is 2.32. The molecule has 2 bridgehead atoms. The third kappa shape index (κ3) is 1.59. The normalized spacial score (nSPS) is 36.5. The summed E-state index contributed by atoms with van der Waals surface area (Å²) in [6.45, 7) is 2.93. The fourth-order valence-electron chi connectivity index (χ4n) is 5.82. The average molecular weight is 338 g/mol. The Morgan fingerprint density at radius 3 is 2.92 bits per heavy atom. The molecule has 25 heavy (non-hydrogen) atoms. The lowest BCUT2D eigenvalue weighted by atomic mass is 9.70. The van der Waals surface area contributed by atoms with Crippen LogP contribution in [0.4, 0.5) is 5.69 Å². The van der Waals surface area contributed by atoms with Crippen molar-refractivity contribution in [2.75, 3.05) is 18.6 Å². The number of ketones is 1. The highest BCUT2D eigenvalue weighted by Crippen LogP contribution is 2.57. The fraction of sp³-hybridized carbons (Fsp3) is 0.500. The van der Waals surface area contributed by atoms with Crippen LogP contribution in [-0.2, 0) is 9.53 Å². The maximum Gasteiger partial charge on any atom is 0.328 e. The van der Waals surface area contributed by atoms with Gasteiger partial charge in [0.25, 0.3) is 0 Å². The highest BCUT2D eigenvalue weighted by atomic mass is 16.5. The summed E-state index contributed by atoms with van der Waals surface area (Å²) >= 11 is 0. The Balaban J connectivity index is 1.76. The highest BCUT2D eigenvalue weighted by Gasteiger charge is 2.68. The van der Waals surface area contributed by atoms with Gasteiger partial charge >= 0.3 is 5.97 Å². The molecule has 5 heteroatoms. The zero-order valence-electron chi connectivity index (χ0n) is 14.6. The quantitative estimate of drug-likeness (QED) is 0.736. The average Bonchev–Trinajstić information content (AvgIpc) is 3.17. The summed E-state index contributed by atoms with van der Waals surface area (Å²) in [6, 6.07) is 7.52. The van der Waals surface area contributed by atoms with E-state index in [0.717, 1.165) is 37.1 Å². The zero-order chi connectivity index (χ0) is 17.3. The number of ether oxygens (including phenoxy) is 1. The van der Waals surface area contributed by atoms with E-state index in [1.54, 1.807) is 0 Å². The number of rotatable bonds is 1. The standard InChI is InChI=1S/C20H22N2O3/c1-3-13-10-12-11-16-20(8-9-21(13)16)18(23)14-6-4-5-7-15(14)22(20)17(12)19(24)25-2/h3-7,12,16-17H,8-11H2,1-2H3/b13-3+/t12-,16+,17-,20+/m1/s1. The van der Waals surface area contributed by atoms with Gasteiger partial charge in [0, 0.05) is 23.5 Å². The second-order valence-electron chi connectivity index (χ2n) is 7.55. The number of nitrogens with zero attached hydrogens (tertiary/aromatic N) is 2. The number of methoxy groups -OCH3 is 1. The van der Waals surface area contributed by atoms with Crippen LogP contribution in [0.25, 0.3) is 0 Å². The number of anilines is 1. The highest BCUT2D eigenvalue weighted by molar-refractivity contribution is 6.16. The predicted molar refractivity (Wildman–Crippen MR) is 93.4 cm³/mol. The number of hydrogen-bond acceptors (Lipinski definition) is 5. The van der Waals surface area contributed by atoms with Crippen molar-refractivity contribution >= 4 is 17.4 Å². The van der Waals surface area contributed by atoms with E-state index in [4.69, 9.17) is 4.74 Å². The second kappa shape index (κ2) is 4.87. The maximum absolute atomic E-state index is 13.5. The Morgan fingerprint density at radius 2 is 2.16 bits per heavy atom. The molecule has 3 fully saturated rings. The molecule has 0 aliphatic carbocycles. The minimum absolute atomic E-state index is 0.151. The first-order chi connectivity index (χ1) is 12.1. The molecule has 130 valence electrons. The number of allylic oxidation sites excluding steroid dienone is 2. The molecule has 0 unspecified atom stereocenters. The van der Waals surface area contributed by atoms with Gasteiger partial charge in [-0.15, -0.1) is 0 Å². The van der Waals surface area contributed by atoms with Gasteiger partial charge in [0.2, 0.25) is 0 Å². The first kappa shape index (κ1) is 15.0. The molecule has 0 N–H and O–H groups in total. The van der Waals surface area contributed by atoms with Crippen LogP contribution in [0.3, 0.4) is 0 Å². The number of fused-ring (bicyclic) bond motifs is 3. The van der Waals surface area contributed by atoms with Crippen LogP contribution in [0.2, 0.25) is 0 Å². The van der Waals surface area contributed by atoms with Gasteiger partial charge in [-0.2, -0.15) is 0 Å². The molecule has 1 aromatic carbocycles. The predicted octanol–water partition coefficient (Wildman–Crippen LogP) is 2.37. The molecular weight excluding hydrogens is 316 g/mol. The number of hydrogen-bond donors (Lipinski definition) is 0. The Kier molecular flexibility index (Phi) is 2.92. The van der Waals surface area contributed by atoms with Gasteiger partial charge in [0.15, 0.2) is 5.78 Å². The van der Waals surface area contributed by atoms with Gasteiger partial charge in [-0.1, -0.05) is 18.2 Å². The Bertz CT molecular complexity index is 817. The van der Waals surface area contributed by atoms with Crippen molar-refractivity contribution in [2.45, 2.75) is 43.8 Å². The Labute approximate surface area is 147 Å². The number of carbonyl (C=O) groups excluding carboxylic acids is 2. The molecule has 0 aromatic heterocycles. The molecule has 4 atom stereocenters. The number of Topliss-reactive ketones (excluding diaryl/α,β-unsaturated/α-hetero) is 1. The molecule has 0 radical (unpaired) electrons. The van der Waals surface area contributed by atoms with E-state index in [2.05, 4.69) is 22.8 Å². The first-order valence-electron chi connectivity index (χ1n) is 9.06. The number of carbonyl (C=O) groups is 2. The van der Waals surface area contributed by atoms with E-state index in [1.165, 1.54) is 12.8 Å². The number of para-hydroxylation sites is 1. The fourth-order valence-corrected chi connectivity index (χ4v) is 5.82. The van der Waals surface area contributed by atoms with Gasteiger partial charge in [-0.25, -0.2) is 4.79 Å². The molecule has 0 saturated carbocycles. The van der Waals surface area contributed by atoms with Crippen LogP contribution in [0, 0.1) is 5.92 Å². The first-order valence-corrected chi connectivity index (χ1v) is 9.06.